The summed E-state index contributed by atoms with van der Waals surface area (Å²) in [5.74, 6) is 0.797. The quantitative estimate of drug-likeness (QED) is 0.525. The second-order valence-corrected chi connectivity index (χ2v) is 7.15. The number of hydrogen-bond acceptors (Lipinski definition) is 4. The van der Waals surface area contributed by atoms with Crippen LogP contribution < -0.4 is 5.32 Å². The molecule has 0 aliphatic heterocycles. The highest BCUT2D eigenvalue weighted by atomic mass is 16.5. The number of carbonyl (C=O) groups is 1. The number of aryl methyl sites for hydroxylation is 4. The number of hydrogen-bond donors (Lipinski definition) is 1. The van der Waals surface area contributed by atoms with Crippen molar-refractivity contribution in [2.24, 2.45) is 0 Å². The van der Waals surface area contributed by atoms with Gasteiger partial charge in [0.1, 0.15) is 5.76 Å². The van der Waals surface area contributed by atoms with E-state index in [4.69, 9.17) is 9.51 Å². The number of benzene rings is 2. The van der Waals surface area contributed by atoms with E-state index in [1.165, 1.54) is 11.1 Å². The fourth-order valence-electron chi connectivity index (χ4n) is 3.19. The summed E-state index contributed by atoms with van der Waals surface area (Å²) >= 11 is 0. The van der Waals surface area contributed by atoms with Crippen LogP contribution in [0.5, 0.6) is 0 Å². The molecule has 28 heavy (non-hydrogen) atoms. The van der Waals surface area contributed by atoms with Gasteiger partial charge in [-0.05, 0) is 63.1 Å². The molecule has 5 nitrogen and oxygen atoms in total. The standard InChI is InChI=1S/C23H21N3O2/c1-13-5-8-20-18(9-13)19(23(27)25-22-11-16(4)28-26-22)12-21(24-20)17-7-6-14(2)15(3)10-17/h5-12H,1-4H3,(H,25,26,27). The van der Waals surface area contributed by atoms with Crippen molar-refractivity contribution in [3.05, 3.63) is 76.5 Å². The largest absolute Gasteiger partial charge is 0.360 e. The van der Waals surface area contributed by atoms with Crippen molar-refractivity contribution in [1.29, 1.82) is 0 Å². The molecule has 0 aliphatic rings. The van der Waals surface area contributed by atoms with Crippen LogP contribution >= 0.6 is 0 Å². The molecule has 1 N–H and O–H groups in total. The van der Waals surface area contributed by atoms with Crippen molar-refractivity contribution in [1.82, 2.24) is 10.1 Å². The van der Waals surface area contributed by atoms with Crippen molar-refractivity contribution in [3.8, 4) is 11.3 Å². The van der Waals surface area contributed by atoms with Gasteiger partial charge in [0.15, 0.2) is 5.82 Å². The van der Waals surface area contributed by atoms with E-state index in [1.807, 2.05) is 37.3 Å². The van der Waals surface area contributed by atoms with Gasteiger partial charge in [-0.1, -0.05) is 28.9 Å². The lowest BCUT2D eigenvalue weighted by Crippen LogP contribution is -2.13. The maximum atomic E-state index is 13.0. The SMILES string of the molecule is Cc1ccc2nc(-c3ccc(C)c(C)c3)cc(C(=O)Nc3cc(C)on3)c2c1. The Hall–Kier alpha value is -3.47. The van der Waals surface area contributed by atoms with Crippen molar-refractivity contribution < 1.29 is 9.32 Å². The Bertz CT molecular complexity index is 1210. The summed E-state index contributed by atoms with van der Waals surface area (Å²) in [7, 11) is 0. The normalized spacial score (nSPS) is 11.0. The van der Waals surface area contributed by atoms with Crippen LogP contribution in [0.25, 0.3) is 22.2 Å². The van der Waals surface area contributed by atoms with Crippen molar-refractivity contribution in [3.63, 3.8) is 0 Å². The second kappa shape index (κ2) is 6.93. The molecule has 0 atom stereocenters. The molecular formula is C23H21N3O2. The van der Waals surface area contributed by atoms with Gasteiger partial charge in [0.2, 0.25) is 0 Å². The Kier molecular flexibility index (Phi) is 4.43. The van der Waals surface area contributed by atoms with Gasteiger partial charge in [0.25, 0.3) is 5.91 Å². The van der Waals surface area contributed by atoms with E-state index >= 15 is 0 Å². The number of carbonyl (C=O) groups excluding carboxylic acids is 1. The first kappa shape index (κ1) is 17.9. The van der Waals surface area contributed by atoms with Crippen LogP contribution in [0.15, 0.2) is 53.1 Å². The Labute approximate surface area is 163 Å². The molecule has 2 heterocycles. The van der Waals surface area contributed by atoms with Gasteiger partial charge >= 0.3 is 0 Å². The molecule has 0 saturated heterocycles. The van der Waals surface area contributed by atoms with Gasteiger partial charge in [0, 0.05) is 17.0 Å². The maximum Gasteiger partial charge on any atom is 0.257 e. The Morgan fingerprint density at radius 3 is 2.46 bits per heavy atom. The lowest BCUT2D eigenvalue weighted by Gasteiger charge is -2.11. The highest BCUT2D eigenvalue weighted by Gasteiger charge is 2.16. The topological polar surface area (TPSA) is 68.0 Å². The minimum absolute atomic E-state index is 0.239. The third-order valence-electron chi connectivity index (χ3n) is 4.88. The molecule has 0 aliphatic carbocycles. The molecule has 140 valence electrons. The molecule has 4 aromatic rings. The van der Waals surface area contributed by atoms with Gasteiger partial charge < -0.3 is 9.84 Å². The number of anilines is 1. The first-order valence-electron chi connectivity index (χ1n) is 9.14. The average Bonchev–Trinajstić information content (AvgIpc) is 3.07. The Morgan fingerprint density at radius 2 is 1.75 bits per heavy atom. The fourth-order valence-corrected chi connectivity index (χ4v) is 3.19. The summed E-state index contributed by atoms with van der Waals surface area (Å²) in [6.45, 7) is 7.93. The number of nitrogens with one attached hydrogen (secondary N) is 1. The summed E-state index contributed by atoms with van der Waals surface area (Å²) in [6.07, 6.45) is 0. The number of fused-ring (bicyclic) bond motifs is 1. The van der Waals surface area contributed by atoms with E-state index in [-0.39, 0.29) is 5.91 Å². The van der Waals surface area contributed by atoms with Crippen molar-refractivity contribution >= 4 is 22.6 Å². The van der Waals surface area contributed by atoms with Crippen LogP contribution in [0.1, 0.15) is 32.8 Å². The average molecular weight is 371 g/mol. The summed E-state index contributed by atoms with van der Waals surface area (Å²) < 4.78 is 5.05. The zero-order valence-corrected chi connectivity index (χ0v) is 16.3. The van der Waals surface area contributed by atoms with Gasteiger partial charge in [0.05, 0.1) is 16.8 Å². The number of nitrogens with zero attached hydrogens (tertiary/aromatic N) is 2. The smallest absolute Gasteiger partial charge is 0.257 e. The molecule has 0 bridgehead atoms. The van der Waals surface area contributed by atoms with E-state index < -0.39 is 0 Å². The van der Waals surface area contributed by atoms with E-state index in [2.05, 4.69) is 36.5 Å². The maximum absolute atomic E-state index is 13.0. The molecule has 1 amide bonds. The third-order valence-corrected chi connectivity index (χ3v) is 4.88. The van der Waals surface area contributed by atoms with Crippen LogP contribution in [0.4, 0.5) is 5.82 Å². The zero-order valence-electron chi connectivity index (χ0n) is 16.3. The van der Waals surface area contributed by atoms with Crippen molar-refractivity contribution in [2.45, 2.75) is 27.7 Å². The lowest BCUT2D eigenvalue weighted by atomic mass is 10.00. The predicted molar refractivity (Wildman–Crippen MR) is 111 cm³/mol. The molecule has 0 spiro atoms. The number of rotatable bonds is 3. The molecule has 0 saturated carbocycles. The molecule has 5 heteroatoms. The molecule has 0 fully saturated rings. The van der Waals surface area contributed by atoms with E-state index in [9.17, 15) is 4.79 Å². The van der Waals surface area contributed by atoms with Gasteiger partial charge in [-0.25, -0.2) is 4.98 Å². The highest BCUT2D eigenvalue weighted by molar-refractivity contribution is 6.13. The summed E-state index contributed by atoms with van der Waals surface area (Å²) in [5, 5.41) is 7.49. The summed E-state index contributed by atoms with van der Waals surface area (Å²) in [4.78, 5) is 17.8. The third kappa shape index (κ3) is 3.39. The number of amides is 1. The lowest BCUT2D eigenvalue weighted by molar-refractivity contribution is 0.102. The van der Waals surface area contributed by atoms with Gasteiger partial charge in [-0.2, -0.15) is 0 Å². The van der Waals surface area contributed by atoms with E-state index in [1.54, 1.807) is 13.0 Å². The Balaban J connectivity index is 1.85. The van der Waals surface area contributed by atoms with Crippen LogP contribution in [0.3, 0.4) is 0 Å². The highest BCUT2D eigenvalue weighted by Crippen LogP contribution is 2.27. The zero-order chi connectivity index (χ0) is 19.8. The predicted octanol–water partition coefficient (Wildman–Crippen LogP) is 5.38. The minimum Gasteiger partial charge on any atom is -0.360 e. The summed E-state index contributed by atoms with van der Waals surface area (Å²) in [5.41, 5.74) is 6.56. The molecule has 2 aromatic carbocycles. The van der Waals surface area contributed by atoms with E-state index in [0.29, 0.717) is 17.1 Å². The minimum atomic E-state index is -0.239. The fraction of sp³-hybridized carbons (Fsp3) is 0.174. The van der Waals surface area contributed by atoms with Crippen LogP contribution in [0.2, 0.25) is 0 Å². The van der Waals surface area contributed by atoms with Crippen LogP contribution in [-0.4, -0.2) is 16.0 Å². The first-order chi connectivity index (χ1) is 13.4. The Morgan fingerprint density at radius 1 is 0.929 bits per heavy atom. The van der Waals surface area contributed by atoms with Crippen molar-refractivity contribution in [2.75, 3.05) is 5.32 Å². The second-order valence-electron chi connectivity index (χ2n) is 7.15. The molecule has 4 rings (SSSR count). The molecule has 2 aromatic heterocycles. The molecule has 0 radical (unpaired) electrons. The first-order valence-corrected chi connectivity index (χ1v) is 9.14. The monoisotopic (exact) mass is 371 g/mol. The number of aromatic nitrogens is 2. The van der Waals surface area contributed by atoms with Gasteiger partial charge in [-0.15, -0.1) is 0 Å². The van der Waals surface area contributed by atoms with Crippen LogP contribution in [0, 0.1) is 27.7 Å². The van der Waals surface area contributed by atoms with E-state index in [0.717, 1.165) is 27.7 Å². The number of pyridine rings is 1. The van der Waals surface area contributed by atoms with Crippen LogP contribution in [-0.2, 0) is 0 Å². The summed E-state index contributed by atoms with van der Waals surface area (Å²) in [6, 6.07) is 15.7. The molecule has 0 unspecified atom stereocenters. The van der Waals surface area contributed by atoms with Gasteiger partial charge in [-0.3, -0.25) is 4.79 Å². The molecular weight excluding hydrogens is 350 g/mol.